The monoisotopic (exact) mass is 612 g/mol. The summed E-state index contributed by atoms with van der Waals surface area (Å²) in [7, 11) is -4.17. The molecule has 0 aliphatic carbocycles. The largest absolute Gasteiger partial charge is 0.358 e. The van der Waals surface area contributed by atoms with Gasteiger partial charge in [-0.1, -0.05) is 31.3 Å². The van der Waals surface area contributed by atoms with Crippen molar-refractivity contribution in [1.82, 2.24) is 25.4 Å². The van der Waals surface area contributed by atoms with Crippen LogP contribution >= 0.6 is 11.3 Å². The maximum atomic E-state index is 13.0. The lowest BCUT2D eigenvalue weighted by molar-refractivity contribution is -0.114. The van der Waals surface area contributed by atoms with E-state index in [0.717, 1.165) is 25.8 Å². The molecule has 4 N–H and O–H groups in total. The molecule has 0 fully saturated rings. The molecule has 13 nitrogen and oxygen atoms in total. The number of nitrogens with zero attached hydrogens (tertiary/aromatic N) is 4. The van der Waals surface area contributed by atoms with Gasteiger partial charge in [-0.15, -0.1) is 10.2 Å². The van der Waals surface area contributed by atoms with Gasteiger partial charge in [-0.2, -0.15) is 12.8 Å². The molecule has 2 aromatic heterocycles. The summed E-state index contributed by atoms with van der Waals surface area (Å²) in [5.74, 6) is -0.921. The van der Waals surface area contributed by atoms with Gasteiger partial charge < -0.3 is 25.8 Å². The molecule has 4 rings (SSSR count). The summed E-state index contributed by atoms with van der Waals surface area (Å²) in [6.45, 7) is 12.1. The van der Waals surface area contributed by atoms with Gasteiger partial charge in [0.25, 0.3) is 16.2 Å². The average molecular weight is 613 g/mol. The summed E-state index contributed by atoms with van der Waals surface area (Å²) in [5, 5.41) is 15.4. The summed E-state index contributed by atoms with van der Waals surface area (Å²) >= 11 is 0.685. The lowest BCUT2D eigenvalue weighted by Crippen LogP contribution is -2.35. The van der Waals surface area contributed by atoms with E-state index in [2.05, 4.69) is 54.3 Å². The molecule has 42 heavy (non-hydrogen) atoms. The summed E-state index contributed by atoms with van der Waals surface area (Å²) < 4.78 is 28.6. The van der Waals surface area contributed by atoms with Gasteiger partial charge in [0, 0.05) is 48.9 Å². The average Bonchev–Trinajstić information content (AvgIpc) is 3.61. The van der Waals surface area contributed by atoms with E-state index < -0.39 is 15.9 Å². The van der Waals surface area contributed by atoms with Crippen LogP contribution in [0.1, 0.15) is 59.2 Å². The highest BCUT2D eigenvalue weighted by molar-refractivity contribution is 7.92. The number of hydrogen-bond donors (Lipinski definition) is 4. The minimum Gasteiger partial charge on any atom is -0.358 e. The van der Waals surface area contributed by atoms with E-state index in [0.29, 0.717) is 62.8 Å². The van der Waals surface area contributed by atoms with Crippen LogP contribution in [-0.4, -0.2) is 78.6 Å². The highest BCUT2D eigenvalue weighted by Crippen LogP contribution is 2.34. The first-order chi connectivity index (χ1) is 19.9. The molecule has 0 radical (unpaired) electrons. The molecule has 0 saturated heterocycles. The number of hydrogen-bond acceptors (Lipinski definition) is 9. The van der Waals surface area contributed by atoms with Crippen molar-refractivity contribution in [2.24, 2.45) is 4.40 Å². The maximum absolute atomic E-state index is 13.0. The van der Waals surface area contributed by atoms with Crippen molar-refractivity contribution in [3.63, 3.8) is 0 Å². The second kappa shape index (κ2) is 12.8. The zero-order valence-electron chi connectivity index (χ0n) is 23.9. The molecule has 3 aromatic rings. The van der Waals surface area contributed by atoms with Crippen LogP contribution in [-0.2, 0) is 19.6 Å². The number of fused-ring (bicyclic) bond motifs is 1. The number of carbonyl (C=O) groups excluding carboxylic acids is 3. The highest BCUT2D eigenvalue weighted by Gasteiger charge is 2.26. The van der Waals surface area contributed by atoms with Crippen molar-refractivity contribution in [2.75, 3.05) is 36.8 Å². The van der Waals surface area contributed by atoms with E-state index in [4.69, 9.17) is 0 Å². The van der Waals surface area contributed by atoms with E-state index in [1.54, 1.807) is 24.3 Å². The molecule has 3 heterocycles. The third kappa shape index (κ3) is 6.80. The highest BCUT2D eigenvalue weighted by atomic mass is 32.2. The second-order valence-electron chi connectivity index (χ2n) is 9.53. The first kappa shape index (κ1) is 30.7. The van der Waals surface area contributed by atoms with Gasteiger partial charge in [0.05, 0.1) is 11.1 Å². The van der Waals surface area contributed by atoms with E-state index >= 15 is 0 Å². The van der Waals surface area contributed by atoms with Crippen LogP contribution in [0.5, 0.6) is 0 Å². The molecule has 1 aromatic carbocycles. The molecule has 0 bridgehead atoms. The van der Waals surface area contributed by atoms with Crippen LogP contribution in [0.3, 0.4) is 0 Å². The van der Waals surface area contributed by atoms with Crippen molar-refractivity contribution >= 4 is 67.8 Å². The third-order valence-corrected chi connectivity index (χ3v) is 9.10. The Morgan fingerprint density at radius 2 is 1.90 bits per heavy atom. The van der Waals surface area contributed by atoms with Gasteiger partial charge in [-0.25, -0.2) is 0 Å². The topological polar surface area (TPSA) is 179 Å². The molecular formula is C27H32N8O5S2. The smallest absolute Gasteiger partial charge is 0.311 e. The number of benzene rings is 1. The van der Waals surface area contributed by atoms with Crippen LogP contribution in [0, 0.1) is 13.8 Å². The Morgan fingerprint density at radius 1 is 1.17 bits per heavy atom. The predicted octanol–water partition coefficient (Wildman–Crippen LogP) is 2.81. The molecule has 0 unspecified atom stereocenters. The number of nitrogens with one attached hydrogen (secondary N) is 4. The molecule has 0 saturated carbocycles. The number of amides is 3. The van der Waals surface area contributed by atoms with Crippen LogP contribution in [0.15, 0.2) is 26.9 Å². The van der Waals surface area contributed by atoms with Gasteiger partial charge >= 0.3 is 10.0 Å². The van der Waals surface area contributed by atoms with Gasteiger partial charge in [0.1, 0.15) is 0 Å². The quantitative estimate of drug-likeness (QED) is 0.145. The normalized spacial score (nSPS) is 14.0. The first-order valence-electron chi connectivity index (χ1n) is 13.2. The van der Waals surface area contributed by atoms with Crippen LogP contribution in [0.2, 0.25) is 0 Å². The number of anilines is 2. The minimum absolute atomic E-state index is 0.0447. The Hall–Kier alpha value is -4.21. The Morgan fingerprint density at radius 3 is 2.60 bits per heavy atom. The molecule has 15 heteroatoms. The third-order valence-electron chi connectivity index (χ3n) is 6.68. The number of rotatable bonds is 11. The predicted molar refractivity (Wildman–Crippen MR) is 162 cm³/mol. The fourth-order valence-electron chi connectivity index (χ4n) is 4.48. The fraction of sp³-hybridized carbons (Fsp3) is 0.333. The van der Waals surface area contributed by atoms with E-state index in [1.165, 1.54) is 6.92 Å². The summed E-state index contributed by atoms with van der Waals surface area (Å²) in [5.41, 5.74) is 4.44. The Bertz CT molecular complexity index is 1700. The van der Waals surface area contributed by atoms with Gasteiger partial charge in [-0.3, -0.25) is 14.4 Å². The van der Waals surface area contributed by atoms with Crippen LogP contribution in [0.25, 0.3) is 11.6 Å². The number of likely N-dealkylation sites (N-methyl/N-ethyl adjacent to an activating group) is 1. The fourth-order valence-corrected chi connectivity index (χ4v) is 6.28. The van der Waals surface area contributed by atoms with Crippen LogP contribution in [0.4, 0.5) is 10.8 Å². The summed E-state index contributed by atoms with van der Waals surface area (Å²) in [6.07, 6.45) is 2.83. The molecule has 1 aliphatic rings. The molecule has 222 valence electrons. The maximum Gasteiger partial charge on any atom is 0.311 e. The molecule has 1 aliphatic heterocycles. The number of carbonyl (C=O) groups is 3. The van der Waals surface area contributed by atoms with Gasteiger partial charge in [0.2, 0.25) is 11.0 Å². The van der Waals surface area contributed by atoms with Gasteiger partial charge in [0.15, 0.2) is 0 Å². The van der Waals surface area contributed by atoms with Crippen molar-refractivity contribution in [3.05, 3.63) is 51.8 Å². The van der Waals surface area contributed by atoms with E-state index in [1.807, 2.05) is 13.8 Å². The zero-order valence-corrected chi connectivity index (χ0v) is 25.5. The van der Waals surface area contributed by atoms with Crippen molar-refractivity contribution < 1.29 is 22.8 Å². The Kier molecular flexibility index (Phi) is 9.33. The Labute approximate surface area is 247 Å². The lowest BCUT2D eigenvalue weighted by atomic mass is 10.0. The van der Waals surface area contributed by atoms with Crippen molar-refractivity contribution in [1.29, 1.82) is 0 Å². The Balaban J connectivity index is 1.56. The number of aromatic nitrogens is 3. The van der Waals surface area contributed by atoms with Crippen molar-refractivity contribution in [3.8, 4) is 0 Å². The lowest BCUT2D eigenvalue weighted by Gasteiger charge is -2.18. The number of sulfonamides is 1. The van der Waals surface area contributed by atoms with Crippen LogP contribution < -0.4 is 16.0 Å². The number of aryl methyl sites for hydroxylation is 1. The molecule has 0 spiro atoms. The zero-order chi connectivity index (χ0) is 30.6. The molecule has 3 amide bonds. The van der Waals surface area contributed by atoms with E-state index in [-0.39, 0.29) is 21.3 Å². The number of H-pyrrole nitrogens is 1. The SMILES string of the molecule is CCN(CC)CCNC(=O)c1c(C)[nH]c(/C=C2\C(=O)Nc3ccc(C=NS(=O)(=O)c4nnc(NC(C)=O)s4)cc32)c1C. The first-order valence-corrected chi connectivity index (χ1v) is 15.5. The summed E-state index contributed by atoms with van der Waals surface area (Å²) in [6, 6.07) is 4.92. The second-order valence-corrected chi connectivity index (χ2v) is 12.3. The van der Waals surface area contributed by atoms with E-state index in [9.17, 15) is 22.8 Å². The summed E-state index contributed by atoms with van der Waals surface area (Å²) in [4.78, 5) is 42.5. The molecule has 0 atom stereocenters. The standard InChI is InChI=1S/C27H32N8O5S2/c1-6-35(7-2)11-10-28-25(38)23-15(3)22(30-16(23)4)13-20-19-12-18(8-9-21(19)32-24(20)37)14-29-42(39,40)27-34-33-26(41-27)31-17(5)36/h8-9,12-14,30H,6-7,10-11H2,1-5H3,(H,28,38)(H,32,37)(H,31,33,36)/b20-13-,29-14?. The minimum atomic E-state index is -4.17. The van der Waals surface area contributed by atoms with Crippen molar-refractivity contribution in [2.45, 2.75) is 39.0 Å². The number of aromatic amines is 1. The van der Waals surface area contributed by atoms with Gasteiger partial charge in [-0.05, 0) is 56.3 Å². The molecular weight excluding hydrogens is 580 g/mol.